The minimum absolute atomic E-state index is 0. The van der Waals surface area contributed by atoms with Gasteiger partial charge in [-0.25, -0.2) is 0 Å². The summed E-state index contributed by atoms with van der Waals surface area (Å²) >= 11 is 22.4. The van der Waals surface area contributed by atoms with Crippen molar-refractivity contribution in [3.8, 4) is 0 Å². The maximum atomic E-state index is 8.00. The topological polar surface area (TPSA) is 152 Å². The first-order chi connectivity index (χ1) is 25.0. The predicted molar refractivity (Wildman–Crippen MR) is 339 cm³/mol. The number of thiol groups is 2. The third-order valence-corrected chi connectivity index (χ3v) is 0. The Kier molecular flexibility index (Phi) is 11800. The van der Waals surface area contributed by atoms with Crippen LogP contribution in [0.15, 0.2) is 0 Å². The van der Waals surface area contributed by atoms with E-state index < -0.39 is 0 Å². The molecule has 0 aliphatic rings. The fraction of sp³-hybridized carbons (Fsp3) is 0.814. The van der Waals surface area contributed by atoms with Crippen LogP contribution < -0.4 is 0 Å². The van der Waals surface area contributed by atoms with Gasteiger partial charge in [0, 0.05) is 509 Å². The van der Waals surface area contributed by atoms with Gasteiger partial charge in [-0.15, -0.1) is 0 Å². The quantitative estimate of drug-likeness (QED) is 0.159. The summed E-state index contributed by atoms with van der Waals surface area (Å²) < 4.78 is 0. The average molecular weight is 3090 g/mol. The minimum Gasteiger partial charge on any atom is -0.412 e. The van der Waals surface area contributed by atoms with E-state index >= 15 is 0 Å². The molecule has 0 bridgehead atoms. The van der Waals surface area contributed by atoms with Crippen LogP contribution in [0, 0.1) is 502 Å². The molecule has 0 saturated heterocycles. The van der Waals surface area contributed by atoms with E-state index in [0.29, 0.717) is 0 Å². The monoisotopic (exact) mass is 3090 g/mol. The number of hydrogen-bond acceptors (Lipinski definition) is 11. The molecule has 0 fully saturated rings. The summed E-state index contributed by atoms with van der Waals surface area (Å²) in [5.41, 5.74) is 0. The summed E-state index contributed by atoms with van der Waals surface area (Å²) in [5.74, 6) is 11.3. The molecule has 0 saturated carbocycles. The number of aliphatic hydroxyl groups is 1. The van der Waals surface area contributed by atoms with Crippen LogP contribution in [0.5, 0.6) is 0 Å². The van der Waals surface area contributed by atoms with Gasteiger partial charge in [0.2, 0.25) is 0 Å². The molecule has 0 aromatic heterocycles. The Hall–Kier alpha value is 17.0. The molecule has 71 heavy (non-hydrogen) atoms. The van der Waals surface area contributed by atoms with Crippen molar-refractivity contribution in [2.75, 3.05) is 19.6 Å². The van der Waals surface area contributed by atoms with Gasteiger partial charge in [-0.3, -0.25) is 0 Å². The molecular weight excluding hydrogens is 2950 g/mol. The molecule has 0 atom stereocenters. The maximum Gasteiger partial charge on any atom is 0.106 e. The Morgan fingerprint density at radius 3 is 0.211 bits per heavy atom. The second-order valence-corrected chi connectivity index (χ2v) is 0. The Morgan fingerprint density at radius 2 is 0.211 bits per heavy atom. The Morgan fingerprint density at radius 1 is 0.211 bits per heavy atom. The van der Waals surface area contributed by atoms with E-state index in [2.05, 4.69) is 97.6 Å². The van der Waals surface area contributed by atoms with Crippen molar-refractivity contribution in [3.63, 3.8) is 0 Å². The van der Waals surface area contributed by atoms with Crippen LogP contribution in [0.4, 0.5) is 0 Å². The largest absolute Gasteiger partial charge is 0.412 e. The first kappa shape index (κ1) is 377. The number of hydrogen-bond donors (Lipinski definition) is 3. The molecule has 0 amide bonds. The van der Waals surface area contributed by atoms with Crippen LogP contribution in [0.25, 0.3) is 0 Å². The van der Waals surface area contributed by atoms with Gasteiger partial charge in [0.1, 0.15) is 27.2 Å². The number of rotatable bonds is 0. The van der Waals surface area contributed by atoms with E-state index in [9.17, 15) is 0 Å². The van der Waals surface area contributed by atoms with Gasteiger partial charge in [0.05, 0.1) is 0 Å². The van der Waals surface area contributed by atoms with Gasteiger partial charge in [0.15, 0.2) is 0 Å². The number of thiocarbonyl (C=S) groups is 4. The van der Waals surface area contributed by atoms with Crippen molar-refractivity contribution in [2.24, 2.45) is 0 Å². The summed E-state index contributed by atoms with van der Waals surface area (Å²) in [6.45, 7) is 64.0. The summed E-state index contributed by atoms with van der Waals surface area (Å²) in [6.07, 6.45) is 3.39. The van der Waals surface area contributed by atoms with Crippen LogP contribution in [0.2, 0.25) is 0 Å². The number of carbonyl (C=O) groups excluding carboxylic acids is 4. The molecule has 0 heterocycles. The SMILES string of the molecule is C.C.C.C.C=O.C=O.C=O.C=O.C=S.C=S.C=S.C=S.CC.CC.CC.CC.CC.CC.CC.CC.CC.CC.CC.CC.CC.CC.CO.CS.CS.O.O.S.S.[Tb].[Tb].[Tb].[Tb].[Tb].[Tb].[Tb].[Tb].[Tb].[Tb].[Tb].[Tb].[Tb]. The van der Waals surface area contributed by atoms with Crippen LogP contribution in [-0.4, -0.2) is 86.3 Å². The summed E-state index contributed by atoms with van der Waals surface area (Å²) in [4.78, 5) is 32.0. The minimum atomic E-state index is 0. The maximum absolute atomic E-state index is 8.00. The van der Waals surface area contributed by atoms with Crippen LogP contribution in [0.3, 0.4) is 0 Å². The zero-order valence-electron chi connectivity index (χ0n) is 47.6. The molecule has 5 N–H and O–H groups in total. The van der Waals surface area contributed by atoms with E-state index in [0.717, 1.165) is 7.11 Å². The normalized spacial score (nSPS) is 1.89. The van der Waals surface area contributed by atoms with Gasteiger partial charge in [-0.2, -0.15) is 52.2 Å². The molecule has 0 aliphatic carbocycles. The fourth-order valence-electron chi connectivity index (χ4n) is 0. The van der Waals surface area contributed by atoms with Crippen LogP contribution in [-0.2, 0) is 19.2 Å². The Labute approximate surface area is 907 Å². The third-order valence-electron chi connectivity index (χ3n) is 0. The van der Waals surface area contributed by atoms with E-state index in [1.54, 1.807) is 12.5 Å². The second-order valence-electron chi connectivity index (χ2n) is 0. The summed E-state index contributed by atoms with van der Waals surface area (Å²) in [7, 11) is 1.00. The van der Waals surface area contributed by atoms with E-state index in [4.69, 9.17) is 24.3 Å². The first-order valence-electron chi connectivity index (χ1n) is 17.7. The molecule has 0 aromatic carbocycles. The Balaban J connectivity index is -0.00000000206. The molecule has 0 spiro atoms. The van der Waals surface area contributed by atoms with Crippen molar-refractivity contribution in [3.05, 3.63) is 0 Å². The smallest absolute Gasteiger partial charge is 0.106 e. The molecule has 0 rings (SSSR count). The standard InChI is InChI=1S/14C2H6.CH4O.4CH2O.2CH4S.4CH2S.4CH4.2H2O.2H2S.13Tb/c25*1-2;;;;;;;;;;;;;;;;;;;;;/h14*1-2H3;2H,1H3;4*1H2;2*2H,1H3;4*1H2;4*1H4;4*1H2;;;;;;;;;;;;;. The van der Waals surface area contributed by atoms with Gasteiger partial charge < -0.3 is 35.2 Å². The van der Waals surface area contributed by atoms with Crippen molar-refractivity contribution in [1.29, 1.82) is 0 Å². The molecule has 515 valence electrons. The second kappa shape index (κ2) is 2220. The molecule has 0 aromatic rings. The molecule has 7 nitrogen and oxygen atoms in total. The van der Waals surface area contributed by atoms with Crippen molar-refractivity contribution < 1.29 is 537 Å². The van der Waals surface area contributed by atoms with Crippen molar-refractivity contribution in [1.82, 2.24) is 0 Å². The average Bonchev–Trinajstić information content (AvgIpc) is 3.37. The summed E-state index contributed by atoms with van der Waals surface area (Å²) in [5, 5.41) is 7.00. The van der Waals surface area contributed by atoms with Gasteiger partial charge >= 0.3 is 0 Å². The van der Waals surface area contributed by atoms with Crippen molar-refractivity contribution >= 4 is 152 Å². The van der Waals surface area contributed by atoms with Crippen LogP contribution >= 0.6 is 101 Å². The van der Waals surface area contributed by atoms with E-state index in [1.165, 1.54) is 0 Å². The van der Waals surface area contributed by atoms with Crippen LogP contribution in [0.1, 0.15) is 224 Å². The third kappa shape index (κ3) is 2170. The zero-order valence-corrected chi connectivity index (χ0v) is 82.5. The fourth-order valence-corrected chi connectivity index (χ4v) is 0. The zero-order chi connectivity index (χ0) is 50.0. The van der Waals surface area contributed by atoms with Gasteiger partial charge in [-0.1, -0.05) is 272 Å². The molecule has 0 unspecified atom stereocenters. The number of aliphatic hydroxyl groups excluding tert-OH is 1. The molecule has 28 heteroatoms. The molecular formula is C43H136O7S8Tb13. The predicted octanol–water partition coefficient (Wildman–Crippen LogP) is 17.9. The van der Waals surface area contributed by atoms with Gasteiger partial charge in [-0.05, 0) is 36.0 Å². The van der Waals surface area contributed by atoms with E-state index in [1.807, 2.05) is 221 Å². The Bertz CT molecular complexity index is 136. The summed E-state index contributed by atoms with van der Waals surface area (Å²) in [6, 6.07) is 0. The van der Waals surface area contributed by atoms with Gasteiger partial charge in [0.25, 0.3) is 0 Å². The van der Waals surface area contributed by atoms with Crippen molar-refractivity contribution in [2.45, 2.75) is 224 Å². The number of carbonyl (C=O) groups is 4. The molecule has 13 radical (unpaired) electrons. The first-order valence-corrected chi connectivity index (χ1v) is 21.7. The van der Waals surface area contributed by atoms with E-state index in [-0.39, 0.29) is 570 Å². The molecule has 0 aliphatic heterocycles.